The largest absolute Gasteiger partial charge is 0.371 e. The molecule has 1 spiro atoms. The van der Waals surface area contributed by atoms with Gasteiger partial charge in [-0.15, -0.1) is 0 Å². The highest BCUT2D eigenvalue weighted by Crippen LogP contribution is 2.58. The first-order chi connectivity index (χ1) is 20.1. The van der Waals surface area contributed by atoms with Crippen molar-refractivity contribution in [3.63, 3.8) is 0 Å². The molecule has 1 saturated heterocycles. The lowest BCUT2D eigenvalue weighted by Gasteiger charge is -2.41. The first kappa shape index (κ1) is 33.8. The third-order valence-electron chi connectivity index (χ3n) is 9.07. The van der Waals surface area contributed by atoms with E-state index in [4.69, 9.17) is 14.8 Å². The second-order valence-electron chi connectivity index (χ2n) is 12.5. The summed E-state index contributed by atoms with van der Waals surface area (Å²) in [5.74, 6) is 1.62. The molecule has 8 heteroatoms. The van der Waals surface area contributed by atoms with Crippen molar-refractivity contribution in [1.82, 2.24) is 5.32 Å². The summed E-state index contributed by atoms with van der Waals surface area (Å²) in [7, 11) is 0. The van der Waals surface area contributed by atoms with Gasteiger partial charge in [0.1, 0.15) is 12.6 Å². The molecule has 2 aliphatic rings. The van der Waals surface area contributed by atoms with Crippen LogP contribution in [0.2, 0.25) is 0 Å². The molecule has 234 valence electrons. The molecule has 1 aliphatic heterocycles. The Morgan fingerprint density at radius 2 is 2.02 bits per heavy atom. The molecule has 2 fully saturated rings. The number of hydrogen-bond donors (Lipinski definition) is 3. The van der Waals surface area contributed by atoms with Gasteiger partial charge >= 0.3 is 0 Å². The molecule has 3 rings (SSSR count). The second-order valence-corrected chi connectivity index (χ2v) is 12.5. The Bertz CT molecular complexity index is 1120. The van der Waals surface area contributed by atoms with Gasteiger partial charge in [0.15, 0.2) is 0 Å². The first-order valence-corrected chi connectivity index (χ1v) is 15.9. The zero-order valence-electron chi connectivity index (χ0n) is 26.8. The van der Waals surface area contributed by atoms with Gasteiger partial charge < -0.3 is 20.1 Å². The third kappa shape index (κ3) is 9.41. The fraction of sp³-hybridized carbons (Fsp3) is 0.647. The number of hydrogen-bond acceptors (Lipinski definition) is 7. The Morgan fingerprint density at radius 3 is 2.67 bits per heavy atom. The lowest BCUT2D eigenvalue weighted by atomic mass is 9.78. The molecule has 3 N–H and O–H groups in total. The minimum absolute atomic E-state index is 0.183. The SMILES string of the molecule is C/C=C\C(=NC(C)=C(C)CC)NC(=O)c1ccc(N(O)CCOCO)cc1N1CCC2(CC2)C(CCCCC(C)C)C1. The van der Waals surface area contributed by atoms with Crippen LogP contribution in [-0.2, 0) is 4.74 Å². The van der Waals surface area contributed by atoms with Gasteiger partial charge in [-0.1, -0.05) is 51.7 Å². The smallest absolute Gasteiger partial charge is 0.258 e. The standard InChI is InChI=1S/C34H54N4O4/c1-7-11-32(35-27(6)26(5)8-2)36-33(40)30-15-14-29(38(41)20-21-42-24-39)22-31(30)37-19-18-34(16-17-34)28(23-37)13-10-9-12-25(3)4/h7,11,14-15,22,25,28,39,41H,8-10,12-13,16-21,23-24H2,1-6H3,(H,35,36,40)/b11-7-,27-26?. The second kappa shape index (κ2) is 16.2. The molecule has 1 aliphatic carbocycles. The van der Waals surface area contributed by atoms with Gasteiger partial charge in [0.25, 0.3) is 5.91 Å². The maximum Gasteiger partial charge on any atom is 0.258 e. The van der Waals surface area contributed by atoms with E-state index in [0.29, 0.717) is 28.4 Å². The average Bonchev–Trinajstić information content (AvgIpc) is 3.75. The van der Waals surface area contributed by atoms with Gasteiger partial charge in [-0.2, -0.15) is 0 Å². The van der Waals surface area contributed by atoms with E-state index in [2.05, 4.69) is 37.9 Å². The summed E-state index contributed by atoms with van der Waals surface area (Å²) < 4.78 is 5.02. The number of benzene rings is 1. The van der Waals surface area contributed by atoms with E-state index in [9.17, 15) is 10.0 Å². The van der Waals surface area contributed by atoms with Gasteiger partial charge in [-0.05, 0) is 94.4 Å². The molecule has 8 nitrogen and oxygen atoms in total. The summed E-state index contributed by atoms with van der Waals surface area (Å²) in [6, 6.07) is 5.46. The number of amidine groups is 1. The summed E-state index contributed by atoms with van der Waals surface area (Å²) in [6.45, 7) is 14.4. The Labute approximate surface area is 253 Å². The van der Waals surface area contributed by atoms with Crippen molar-refractivity contribution in [2.24, 2.45) is 22.2 Å². The number of anilines is 2. The minimum Gasteiger partial charge on any atom is -0.371 e. The molecule has 1 atom stereocenters. The molecule has 1 aromatic rings. The molecular formula is C34H54N4O4. The Hall–Kier alpha value is -2.68. The van der Waals surface area contributed by atoms with Gasteiger partial charge in [-0.3, -0.25) is 15.1 Å². The number of amides is 1. The number of piperidine rings is 1. The van der Waals surface area contributed by atoms with Crippen LogP contribution < -0.4 is 15.3 Å². The number of nitrogens with zero attached hydrogens (tertiary/aromatic N) is 3. The number of carbonyl (C=O) groups is 1. The number of nitrogens with one attached hydrogen (secondary N) is 1. The summed E-state index contributed by atoms with van der Waals surface area (Å²) >= 11 is 0. The van der Waals surface area contributed by atoms with Crippen LogP contribution in [0.3, 0.4) is 0 Å². The molecule has 1 heterocycles. The van der Waals surface area contributed by atoms with Crippen molar-refractivity contribution in [3.8, 4) is 0 Å². The van der Waals surface area contributed by atoms with Crippen molar-refractivity contribution in [2.75, 3.05) is 43.0 Å². The van der Waals surface area contributed by atoms with Crippen molar-refractivity contribution < 1.29 is 19.8 Å². The van der Waals surface area contributed by atoms with Crippen molar-refractivity contribution in [3.05, 3.63) is 47.2 Å². The lowest BCUT2D eigenvalue weighted by Crippen LogP contribution is -2.43. The molecule has 1 amide bonds. The van der Waals surface area contributed by atoms with Crippen LogP contribution >= 0.6 is 0 Å². The van der Waals surface area contributed by atoms with Gasteiger partial charge in [0.05, 0.1) is 30.1 Å². The highest BCUT2D eigenvalue weighted by molar-refractivity contribution is 6.12. The van der Waals surface area contributed by atoms with Crippen LogP contribution in [0.5, 0.6) is 0 Å². The number of ether oxygens (including phenoxy) is 1. The summed E-state index contributed by atoms with van der Waals surface area (Å²) in [5.41, 5.74) is 4.51. The minimum atomic E-state index is -0.394. The normalized spacial score (nSPS) is 19.0. The number of allylic oxidation sites excluding steroid dienone is 3. The van der Waals surface area contributed by atoms with E-state index in [1.54, 1.807) is 12.1 Å². The summed E-state index contributed by atoms with van der Waals surface area (Å²) in [5, 5.41) is 23.9. The number of carbonyl (C=O) groups excluding carboxylic acids is 1. The van der Waals surface area contributed by atoms with Gasteiger partial charge in [0, 0.05) is 18.8 Å². The maximum absolute atomic E-state index is 13.8. The lowest BCUT2D eigenvalue weighted by molar-refractivity contribution is -0.00271. The zero-order chi connectivity index (χ0) is 30.7. The number of unbranched alkanes of at least 4 members (excludes halogenated alkanes) is 1. The molecular weight excluding hydrogens is 528 g/mol. The number of hydroxylamine groups is 1. The molecule has 1 aromatic carbocycles. The van der Waals surface area contributed by atoms with Crippen LogP contribution in [0.4, 0.5) is 11.4 Å². The van der Waals surface area contributed by atoms with E-state index >= 15 is 0 Å². The summed E-state index contributed by atoms with van der Waals surface area (Å²) in [4.78, 5) is 20.9. The van der Waals surface area contributed by atoms with Gasteiger partial charge in [0.2, 0.25) is 0 Å². The topological polar surface area (TPSA) is 97.6 Å². The first-order valence-electron chi connectivity index (χ1n) is 15.9. The Kier molecular flexibility index (Phi) is 13.1. The highest BCUT2D eigenvalue weighted by Gasteiger charge is 2.51. The van der Waals surface area contributed by atoms with E-state index in [1.165, 1.54) is 44.1 Å². The van der Waals surface area contributed by atoms with E-state index in [1.807, 2.05) is 32.1 Å². The van der Waals surface area contributed by atoms with Crippen molar-refractivity contribution >= 4 is 23.1 Å². The molecule has 42 heavy (non-hydrogen) atoms. The van der Waals surface area contributed by atoms with Crippen LogP contribution in [0.25, 0.3) is 0 Å². The highest BCUT2D eigenvalue weighted by atomic mass is 16.6. The molecule has 0 bridgehead atoms. The number of aliphatic imine (C=N–C) groups is 1. The quantitative estimate of drug-likeness (QED) is 0.0672. The van der Waals surface area contributed by atoms with E-state index < -0.39 is 6.79 Å². The maximum atomic E-state index is 13.8. The van der Waals surface area contributed by atoms with E-state index in [-0.39, 0.29) is 19.1 Å². The van der Waals surface area contributed by atoms with E-state index in [0.717, 1.165) is 48.3 Å². The fourth-order valence-electron chi connectivity index (χ4n) is 5.95. The Balaban J connectivity index is 1.90. The predicted octanol–water partition coefficient (Wildman–Crippen LogP) is 7.08. The van der Waals surface area contributed by atoms with Crippen LogP contribution in [0, 0.1) is 17.3 Å². The van der Waals surface area contributed by atoms with Crippen LogP contribution in [0.1, 0.15) is 103 Å². The van der Waals surface area contributed by atoms with Gasteiger partial charge in [-0.25, -0.2) is 4.99 Å². The molecule has 1 unspecified atom stereocenters. The van der Waals surface area contributed by atoms with Crippen molar-refractivity contribution in [2.45, 2.75) is 92.9 Å². The van der Waals surface area contributed by atoms with Crippen molar-refractivity contribution in [1.29, 1.82) is 0 Å². The average molecular weight is 583 g/mol. The third-order valence-corrected chi connectivity index (χ3v) is 9.07. The zero-order valence-corrected chi connectivity index (χ0v) is 26.8. The number of aliphatic hydroxyl groups is 1. The van der Waals surface area contributed by atoms with Crippen LogP contribution in [-0.4, -0.2) is 55.1 Å². The number of rotatable bonds is 15. The summed E-state index contributed by atoms with van der Waals surface area (Å²) in [6.07, 6.45) is 13.3. The molecule has 1 saturated carbocycles. The molecule has 0 radical (unpaired) electrons. The monoisotopic (exact) mass is 582 g/mol. The predicted molar refractivity (Wildman–Crippen MR) is 172 cm³/mol. The van der Waals surface area contributed by atoms with Crippen LogP contribution in [0.15, 0.2) is 46.6 Å². The Morgan fingerprint density at radius 1 is 1.26 bits per heavy atom. The number of aliphatic hydroxyl groups excluding tert-OH is 1. The fourth-order valence-corrected chi connectivity index (χ4v) is 5.95. The molecule has 0 aromatic heterocycles.